The van der Waals surface area contributed by atoms with Crippen LogP contribution in [0.4, 0.5) is 5.69 Å². The first-order valence-corrected chi connectivity index (χ1v) is 12.3. The molecule has 0 unspecified atom stereocenters. The van der Waals surface area contributed by atoms with Crippen molar-refractivity contribution in [1.29, 1.82) is 0 Å². The zero-order valence-electron chi connectivity index (χ0n) is 18.0. The molecule has 0 saturated heterocycles. The zero-order valence-corrected chi connectivity index (χ0v) is 19.7. The van der Waals surface area contributed by atoms with Crippen LogP contribution in [-0.2, 0) is 10.5 Å². The number of hydrogen-bond donors (Lipinski definition) is 1. The molecular weight excluding hydrogens is 458 g/mol. The van der Waals surface area contributed by atoms with Gasteiger partial charge in [-0.1, -0.05) is 42.1 Å². The van der Waals surface area contributed by atoms with E-state index in [1.165, 1.54) is 0 Å². The summed E-state index contributed by atoms with van der Waals surface area (Å²) in [5.41, 5.74) is 3.04. The van der Waals surface area contributed by atoms with Gasteiger partial charge in [0.25, 0.3) is 11.8 Å². The molecule has 33 heavy (non-hydrogen) atoms. The van der Waals surface area contributed by atoms with Gasteiger partial charge in [-0.3, -0.25) is 14.5 Å². The van der Waals surface area contributed by atoms with Crippen LogP contribution >= 0.6 is 23.1 Å². The number of nitrogens with zero attached hydrogens (tertiary/aromatic N) is 2. The minimum absolute atomic E-state index is 0.0881. The lowest BCUT2D eigenvalue weighted by Gasteiger charge is -2.33. The molecule has 5 rings (SSSR count). The van der Waals surface area contributed by atoms with Crippen LogP contribution in [0.25, 0.3) is 11.0 Å². The normalized spacial score (nSPS) is 15.2. The summed E-state index contributed by atoms with van der Waals surface area (Å²) in [6.07, 6.45) is -0.811. The number of benzene rings is 2. The molecule has 2 aromatic carbocycles. The molecule has 1 N–H and O–H groups in total. The highest BCUT2D eigenvalue weighted by Crippen LogP contribution is 2.38. The Hall–Kier alpha value is -3.30. The molecule has 0 fully saturated rings. The highest BCUT2D eigenvalue weighted by molar-refractivity contribution is 8.00. The molecular formula is C24H21N3O4S2. The van der Waals surface area contributed by atoms with E-state index in [1.54, 1.807) is 41.1 Å². The average Bonchev–Trinajstić information content (AvgIpc) is 3.44. The number of ether oxygens (including phenoxy) is 1. The number of hydrogen-bond acceptors (Lipinski definition) is 7. The molecule has 4 aromatic rings. The van der Waals surface area contributed by atoms with E-state index in [-0.39, 0.29) is 24.1 Å². The van der Waals surface area contributed by atoms with Crippen LogP contribution in [0.1, 0.15) is 21.8 Å². The minimum Gasteiger partial charge on any atom is -0.477 e. The molecule has 2 aromatic heterocycles. The van der Waals surface area contributed by atoms with Crippen LogP contribution in [0.5, 0.6) is 5.75 Å². The third kappa shape index (κ3) is 4.09. The maximum atomic E-state index is 13.8. The quantitative estimate of drug-likeness (QED) is 0.420. The Balaban J connectivity index is 1.54. The lowest BCUT2D eigenvalue weighted by molar-refractivity contribution is -0.127. The summed E-state index contributed by atoms with van der Waals surface area (Å²) in [4.78, 5) is 32.3. The van der Waals surface area contributed by atoms with Crippen LogP contribution in [0.15, 0.2) is 62.7 Å². The number of amides is 2. The van der Waals surface area contributed by atoms with Gasteiger partial charge in [-0.05, 0) is 25.1 Å². The third-order valence-electron chi connectivity index (χ3n) is 5.39. The van der Waals surface area contributed by atoms with Crippen LogP contribution in [-0.4, -0.2) is 36.5 Å². The number of thioether (sulfide) groups is 1. The Morgan fingerprint density at radius 3 is 2.79 bits per heavy atom. The predicted octanol–water partition coefficient (Wildman–Crippen LogP) is 4.64. The summed E-state index contributed by atoms with van der Waals surface area (Å²) in [6.45, 7) is 2.05. The molecule has 1 aliphatic heterocycles. The van der Waals surface area contributed by atoms with Crippen LogP contribution in [0.2, 0.25) is 0 Å². The van der Waals surface area contributed by atoms with E-state index in [2.05, 4.69) is 10.3 Å². The van der Waals surface area contributed by atoms with E-state index < -0.39 is 6.10 Å². The van der Waals surface area contributed by atoms with Crippen molar-refractivity contribution in [2.24, 2.45) is 0 Å². The minimum atomic E-state index is -0.811. The number of thiazole rings is 1. The number of rotatable bonds is 5. The van der Waals surface area contributed by atoms with Crippen molar-refractivity contribution in [3.63, 3.8) is 0 Å². The van der Waals surface area contributed by atoms with Crippen molar-refractivity contribution < 1.29 is 18.7 Å². The van der Waals surface area contributed by atoms with Gasteiger partial charge in [0.05, 0.1) is 12.2 Å². The first-order valence-electron chi connectivity index (χ1n) is 10.4. The molecule has 1 aliphatic rings. The van der Waals surface area contributed by atoms with E-state index in [0.717, 1.165) is 21.0 Å². The molecule has 0 radical (unpaired) electrons. The molecule has 168 valence electrons. The highest BCUT2D eigenvalue weighted by atomic mass is 32.2. The third-order valence-corrected chi connectivity index (χ3v) is 7.55. The van der Waals surface area contributed by atoms with Crippen molar-refractivity contribution in [3.05, 3.63) is 70.9 Å². The second kappa shape index (κ2) is 8.92. The van der Waals surface area contributed by atoms with E-state index in [0.29, 0.717) is 22.8 Å². The van der Waals surface area contributed by atoms with Crippen molar-refractivity contribution in [3.8, 4) is 5.75 Å². The van der Waals surface area contributed by atoms with Gasteiger partial charge in [0, 0.05) is 34.8 Å². The van der Waals surface area contributed by atoms with Crippen LogP contribution < -0.4 is 15.0 Å². The molecule has 0 saturated carbocycles. The fraction of sp³-hybridized carbons (Fsp3) is 0.208. The maximum absolute atomic E-state index is 13.8. The molecule has 9 heteroatoms. The summed E-state index contributed by atoms with van der Waals surface area (Å²) < 4.78 is 12.9. The molecule has 2 amide bonds. The smallest absolute Gasteiger partial charge is 0.294 e. The summed E-state index contributed by atoms with van der Waals surface area (Å²) >= 11 is 3.16. The number of fused-ring (bicyclic) bond motifs is 2. The number of para-hydroxylation sites is 3. The molecule has 1 atom stereocenters. The fourth-order valence-electron chi connectivity index (χ4n) is 3.79. The Kier molecular flexibility index (Phi) is 5.82. The standard InChI is InChI=1S/C24H21N3O4S2/c1-14-12-32-24(26-14)33-13-16-15-7-3-5-9-18(15)31-21(16)23(29)27-11-20(22(28)25-2)30-19-10-6-4-8-17(19)27/h3-10,12,20H,11,13H2,1-2H3,(H,25,28)/t20-/m1/s1. The number of furan rings is 1. The second-order valence-electron chi connectivity index (χ2n) is 7.55. The Labute approximate surface area is 198 Å². The lowest BCUT2D eigenvalue weighted by Crippen LogP contribution is -2.50. The van der Waals surface area contributed by atoms with Gasteiger partial charge >= 0.3 is 0 Å². The summed E-state index contributed by atoms with van der Waals surface area (Å²) in [5, 5.41) is 5.50. The van der Waals surface area contributed by atoms with E-state index in [9.17, 15) is 9.59 Å². The molecule has 3 heterocycles. The fourth-order valence-corrected chi connectivity index (χ4v) is 5.67. The van der Waals surface area contributed by atoms with Crippen molar-refractivity contribution in [2.45, 2.75) is 23.1 Å². The molecule has 0 bridgehead atoms. The number of aromatic nitrogens is 1. The summed E-state index contributed by atoms with van der Waals surface area (Å²) in [5.74, 6) is 0.694. The zero-order chi connectivity index (χ0) is 22.9. The highest BCUT2D eigenvalue weighted by Gasteiger charge is 2.36. The number of aryl methyl sites for hydroxylation is 1. The number of anilines is 1. The topological polar surface area (TPSA) is 84.7 Å². The number of carbonyl (C=O) groups is 2. The van der Waals surface area contributed by atoms with E-state index in [4.69, 9.17) is 9.15 Å². The summed E-state index contributed by atoms with van der Waals surface area (Å²) in [7, 11) is 1.55. The first kappa shape index (κ1) is 21.5. The second-order valence-corrected chi connectivity index (χ2v) is 9.63. The van der Waals surface area contributed by atoms with E-state index >= 15 is 0 Å². The number of likely N-dealkylation sites (N-methyl/N-ethyl adjacent to an activating group) is 1. The van der Waals surface area contributed by atoms with Gasteiger partial charge in [0.1, 0.15) is 15.7 Å². The largest absolute Gasteiger partial charge is 0.477 e. The first-order chi connectivity index (χ1) is 16.0. The SMILES string of the molecule is CNC(=O)[C@H]1CN(C(=O)c2oc3ccccc3c2CSc2nc(C)cs2)c2ccccc2O1. The maximum Gasteiger partial charge on any atom is 0.294 e. The Morgan fingerprint density at radius 1 is 1.21 bits per heavy atom. The van der Waals surface area contributed by atoms with Crippen molar-refractivity contribution in [1.82, 2.24) is 10.3 Å². The van der Waals surface area contributed by atoms with Gasteiger partial charge in [-0.2, -0.15) is 0 Å². The van der Waals surface area contributed by atoms with Gasteiger partial charge < -0.3 is 14.5 Å². The predicted molar refractivity (Wildman–Crippen MR) is 129 cm³/mol. The molecule has 0 aliphatic carbocycles. The molecule has 7 nitrogen and oxygen atoms in total. The van der Waals surface area contributed by atoms with Gasteiger partial charge in [0.2, 0.25) is 0 Å². The van der Waals surface area contributed by atoms with Crippen LogP contribution in [0.3, 0.4) is 0 Å². The van der Waals surface area contributed by atoms with E-state index in [1.807, 2.05) is 54.8 Å². The Morgan fingerprint density at radius 2 is 2.00 bits per heavy atom. The van der Waals surface area contributed by atoms with Gasteiger partial charge in [0.15, 0.2) is 11.9 Å². The summed E-state index contributed by atoms with van der Waals surface area (Å²) in [6, 6.07) is 14.8. The van der Waals surface area contributed by atoms with Gasteiger partial charge in [-0.15, -0.1) is 11.3 Å². The van der Waals surface area contributed by atoms with Crippen LogP contribution in [0, 0.1) is 6.92 Å². The van der Waals surface area contributed by atoms with Crippen molar-refractivity contribution in [2.75, 3.05) is 18.5 Å². The Bertz CT molecular complexity index is 1350. The number of carbonyl (C=O) groups excluding carboxylic acids is 2. The monoisotopic (exact) mass is 479 g/mol. The molecule has 0 spiro atoms. The average molecular weight is 480 g/mol. The van der Waals surface area contributed by atoms with Gasteiger partial charge in [-0.25, -0.2) is 4.98 Å². The lowest BCUT2D eigenvalue weighted by atomic mass is 10.1. The number of nitrogens with one attached hydrogen (secondary N) is 1. The van der Waals surface area contributed by atoms with Crippen molar-refractivity contribution >= 4 is 51.6 Å².